The molecule has 7 nitrogen and oxygen atoms in total. The molecule has 0 saturated carbocycles. The molecule has 0 unspecified atom stereocenters. The number of carboxylic acid groups (broad SMARTS) is 1. The maximum Gasteiger partial charge on any atom is 0.345 e. The van der Waals surface area contributed by atoms with Crippen LogP contribution in [0.25, 0.3) is 11.3 Å². The highest BCUT2D eigenvalue weighted by molar-refractivity contribution is 5.92. The first kappa shape index (κ1) is 15.3. The Morgan fingerprint density at radius 3 is 2.78 bits per heavy atom. The summed E-state index contributed by atoms with van der Waals surface area (Å²) in [6, 6.07) is 0.175. The summed E-state index contributed by atoms with van der Waals surface area (Å²) in [6.07, 6.45) is 3.15. The fraction of sp³-hybridized carbons (Fsp3) is 0.438. The van der Waals surface area contributed by atoms with E-state index in [2.05, 4.69) is 10.1 Å². The normalized spacial score (nSPS) is 16.8. The molecule has 23 heavy (non-hydrogen) atoms. The van der Waals surface area contributed by atoms with Gasteiger partial charge in [0.05, 0.1) is 11.9 Å². The molecule has 0 saturated heterocycles. The van der Waals surface area contributed by atoms with E-state index in [1.54, 1.807) is 6.20 Å². The second-order valence-electron chi connectivity index (χ2n) is 6.25. The lowest BCUT2D eigenvalue weighted by molar-refractivity contribution is 0.0691. The average molecular weight is 317 g/mol. The summed E-state index contributed by atoms with van der Waals surface area (Å²) in [5.41, 5.74) is 1.29. The molecular formula is C16H19N3O4. The highest BCUT2D eigenvalue weighted by atomic mass is 16.4. The molecular weight excluding hydrogens is 298 g/mol. The fourth-order valence-corrected chi connectivity index (χ4v) is 3.28. The van der Waals surface area contributed by atoms with Crippen LogP contribution < -0.4 is 5.56 Å². The molecule has 0 fully saturated rings. The summed E-state index contributed by atoms with van der Waals surface area (Å²) in [5, 5.41) is 24.0. The van der Waals surface area contributed by atoms with Crippen LogP contribution in [-0.2, 0) is 6.42 Å². The Kier molecular flexibility index (Phi) is 3.50. The first-order valence-electron chi connectivity index (χ1n) is 7.62. The van der Waals surface area contributed by atoms with Gasteiger partial charge in [0.15, 0.2) is 5.56 Å². The second kappa shape index (κ2) is 5.26. The van der Waals surface area contributed by atoms with Crippen LogP contribution in [0.15, 0.2) is 11.0 Å². The van der Waals surface area contributed by atoms with Crippen LogP contribution in [0.1, 0.15) is 60.8 Å². The maximum atomic E-state index is 12.1. The van der Waals surface area contributed by atoms with Crippen molar-refractivity contribution in [2.75, 3.05) is 0 Å². The number of carbonyl (C=O) groups is 1. The van der Waals surface area contributed by atoms with Gasteiger partial charge >= 0.3 is 5.97 Å². The SMILES string of the molecule is CC(C)n1ncc2c1CC[C@H](C)c1c-2[nH]c(=O)c(C(=O)O)c1O. The number of aromatic amines is 1. The molecule has 0 aliphatic heterocycles. The first-order valence-corrected chi connectivity index (χ1v) is 7.62. The van der Waals surface area contributed by atoms with Crippen LogP contribution in [-0.4, -0.2) is 30.9 Å². The van der Waals surface area contributed by atoms with E-state index in [1.807, 2.05) is 25.5 Å². The number of hydrogen-bond acceptors (Lipinski definition) is 4. The van der Waals surface area contributed by atoms with Gasteiger partial charge in [0.2, 0.25) is 0 Å². The maximum absolute atomic E-state index is 12.1. The molecule has 0 radical (unpaired) electrons. The van der Waals surface area contributed by atoms with Crippen molar-refractivity contribution in [1.82, 2.24) is 14.8 Å². The van der Waals surface area contributed by atoms with Crippen LogP contribution in [0.2, 0.25) is 0 Å². The summed E-state index contributed by atoms with van der Waals surface area (Å²) in [7, 11) is 0. The van der Waals surface area contributed by atoms with Gasteiger partial charge in [0, 0.05) is 22.9 Å². The van der Waals surface area contributed by atoms with Crippen LogP contribution >= 0.6 is 0 Å². The molecule has 0 amide bonds. The Bertz CT molecular complexity index is 848. The quantitative estimate of drug-likeness (QED) is 0.787. The van der Waals surface area contributed by atoms with E-state index in [9.17, 15) is 19.8 Å². The molecule has 2 aromatic heterocycles. The molecule has 2 aromatic rings. The zero-order valence-electron chi connectivity index (χ0n) is 13.3. The number of pyridine rings is 1. The molecule has 0 aromatic carbocycles. The van der Waals surface area contributed by atoms with Gasteiger partial charge in [-0.25, -0.2) is 4.79 Å². The highest BCUT2D eigenvalue weighted by Gasteiger charge is 2.30. The predicted molar refractivity (Wildman–Crippen MR) is 84.0 cm³/mol. The molecule has 3 rings (SSSR count). The summed E-state index contributed by atoms with van der Waals surface area (Å²) < 4.78 is 1.90. The van der Waals surface area contributed by atoms with Crippen molar-refractivity contribution in [2.45, 2.75) is 45.6 Å². The van der Waals surface area contributed by atoms with Crippen molar-refractivity contribution in [3.05, 3.63) is 33.4 Å². The average Bonchev–Trinajstić information content (AvgIpc) is 2.82. The van der Waals surface area contributed by atoms with Crippen molar-refractivity contribution in [2.24, 2.45) is 0 Å². The van der Waals surface area contributed by atoms with Gasteiger partial charge in [0.25, 0.3) is 5.56 Å². The smallest absolute Gasteiger partial charge is 0.345 e. The van der Waals surface area contributed by atoms with Gasteiger partial charge in [-0.3, -0.25) is 9.48 Å². The molecule has 1 aliphatic rings. The number of aromatic hydroxyl groups is 1. The summed E-state index contributed by atoms with van der Waals surface area (Å²) in [6.45, 7) is 5.97. The molecule has 7 heteroatoms. The summed E-state index contributed by atoms with van der Waals surface area (Å²) in [4.78, 5) is 26.0. The van der Waals surface area contributed by atoms with Gasteiger partial charge in [-0.15, -0.1) is 0 Å². The molecule has 1 aliphatic carbocycles. The van der Waals surface area contributed by atoms with Gasteiger partial charge in [0.1, 0.15) is 5.75 Å². The number of aromatic carboxylic acids is 1. The lowest BCUT2D eigenvalue weighted by atomic mass is 9.94. The molecule has 3 N–H and O–H groups in total. The van der Waals surface area contributed by atoms with Gasteiger partial charge in [-0.05, 0) is 32.6 Å². The lowest BCUT2D eigenvalue weighted by Gasteiger charge is -2.15. The molecule has 0 spiro atoms. The van der Waals surface area contributed by atoms with E-state index in [0.717, 1.165) is 24.1 Å². The zero-order chi connectivity index (χ0) is 16.9. The Labute approximate surface area is 132 Å². The minimum atomic E-state index is -1.43. The fourth-order valence-electron chi connectivity index (χ4n) is 3.28. The molecule has 122 valence electrons. The van der Waals surface area contributed by atoms with Crippen molar-refractivity contribution >= 4 is 5.97 Å². The van der Waals surface area contributed by atoms with Gasteiger partial charge in [-0.1, -0.05) is 6.92 Å². The number of fused-ring (bicyclic) bond motifs is 3. The third kappa shape index (κ3) is 2.23. The topological polar surface area (TPSA) is 108 Å². The zero-order valence-corrected chi connectivity index (χ0v) is 13.3. The molecule has 2 heterocycles. The summed E-state index contributed by atoms with van der Waals surface area (Å²) in [5.74, 6) is -1.94. The van der Waals surface area contributed by atoms with Crippen molar-refractivity contribution in [1.29, 1.82) is 0 Å². The van der Waals surface area contributed by atoms with Crippen LogP contribution in [0.3, 0.4) is 0 Å². The second-order valence-corrected chi connectivity index (χ2v) is 6.25. The minimum absolute atomic E-state index is 0.0760. The van der Waals surface area contributed by atoms with E-state index in [1.165, 1.54) is 0 Å². The Morgan fingerprint density at radius 1 is 1.48 bits per heavy atom. The number of H-pyrrole nitrogens is 1. The van der Waals surface area contributed by atoms with Crippen molar-refractivity contribution in [3.63, 3.8) is 0 Å². The number of aromatic nitrogens is 3. The lowest BCUT2D eigenvalue weighted by Crippen LogP contribution is -2.20. The van der Waals surface area contributed by atoms with Crippen LogP contribution in [0.4, 0.5) is 0 Å². The van der Waals surface area contributed by atoms with E-state index in [-0.39, 0.29) is 12.0 Å². The highest BCUT2D eigenvalue weighted by Crippen LogP contribution is 2.41. The number of carboxylic acids is 1. The minimum Gasteiger partial charge on any atom is -0.506 e. The van der Waals surface area contributed by atoms with E-state index in [4.69, 9.17) is 0 Å². The van der Waals surface area contributed by atoms with Crippen molar-refractivity contribution in [3.8, 4) is 17.0 Å². The third-order valence-corrected chi connectivity index (χ3v) is 4.40. The summed E-state index contributed by atoms with van der Waals surface area (Å²) >= 11 is 0. The Balaban J connectivity index is 2.35. The number of rotatable bonds is 2. The number of nitrogens with zero attached hydrogens (tertiary/aromatic N) is 2. The standard InChI is InChI=1S/C16H19N3O4/c1-7(2)19-10-5-4-8(3)11-13(9(10)6-17-19)18-15(21)12(14(11)20)16(22)23/h6-8H,4-5H2,1-3H3,(H,22,23)(H2,18,20,21)/t8-/m0/s1. The number of nitrogens with one attached hydrogen (secondary N) is 1. The van der Waals surface area contributed by atoms with E-state index in [0.29, 0.717) is 11.3 Å². The van der Waals surface area contributed by atoms with Crippen LogP contribution in [0, 0.1) is 0 Å². The first-order chi connectivity index (χ1) is 10.8. The third-order valence-electron chi connectivity index (χ3n) is 4.40. The van der Waals surface area contributed by atoms with Gasteiger partial charge < -0.3 is 15.2 Å². The monoisotopic (exact) mass is 317 g/mol. The largest absolute Gasteiger partial charge is 0.506 e. The van der Waals surface area contributed by atoms with Gasteiger partial charge in [-0.2, -0.15) is 5.10 Å². The van der Waals surface area contributed by atoms with Crippen LogP contribution in [0.5, 0.6) is 5.75 Å². The molecule has 0 bridgehead atoms. The van der Waals surface area contributed by atoms with Crippen molar-refractivity contribution < 1.29 is 15.0 Å². The van der Waals surface area contributed by atoms with E-state index < -0.39 is 22.8 Å². The van der Waals surface area contributed by atoms with E-state index >= 15 is 0 Å². The Hall–Kier alpha value is -2.57. The Morgan fingerprint density at radius 2 is 2.17 bits per heavy atom. The molecule has 1 atom stereocenters. The predicted octanol–water partition coefficient (Wildman–Crippen LogP) is 2.27. The number of hydrogen-bond donors (Lipinski definition) is 3.